The molecule has 11 heteroatoms. The number of carbonyl (C=O) groups is 1. The van der Waals surface area contributed by atoms with Crippen molar-refractivity contribution in [3.05, 3.63) is 60.3 Å². The van der Waals surface area contributed by atoms with Crippen LogP contribution >= 0.6 is 0 Å². The molecule has 2 heterocycles. The molecule has 0 aliphatic carbocycles. The molecule has 0 saturated carbocycles. The quantitative estimate of drug-likeness (QED) is 0.253. The van der Waals surface area contributed by atoms with Gasteiger partial charge in [0.1, 0.15) is 12.3 Å². The van der Waals surface area contributed by atoms with Crippen molar-refractivity contribution < 1.29 is 24.5 Å². The van der Waals surface area contributed by atoms with Crippen LogP contribution in [0.4, 0.5) is 11.5 Å². The van der Waals surface area contributed by atoms with E-state index in [1.807, 2.05) is 38.0 Å². The first-order valence-corrected chi connectivity index (χ1v) is 12.6. The second-order valence-electron chi connectivity index (χ2n) is 9.80. The number of nitrogen functional groups attached to an aromatic ring is 1. The number of carbonyl (C=O) groups excluding carboxylic acids is 1. The van der Waals surface area contributed by atoms with Gasteiger partial charge in [-0.05, 0) is 37.1 Å². The zero-order chi connectivity index (χ0) is 29.9. The van der Waals surface area contributed by atoms with E-state index < -0.39 is 25.4 Å². The Bertz CT molecular complexity index is 1310. The van der Waals surface area contributed by atoms with Crippen LogP contribution in [-0.4, -0.2) is 74.7 Å². The summed E-state index contributed by atoms with van der Waals surface area (Å²) in [6.45, 7) is 9.29. The third-order valence-electron chi connectivity index (χ3n) is 5.87. The maximum absolute atomic E-state index is 9.66. The van der Waals surface area contributed by atoms with Crippen molar-refractivity contribution in [2.45, 2.75) is 33.2 Å². The van der Waals surface area contributed by atoms with Crippen LogP contribution in [0.1, 0.15) is 26.3 Å². The van der Waals surface area contributed by atoms with Crippen LogP contribution in [0, 0.1) is 12.8 Å². The molecule has 214 valence electrons. The molecule has 0 aliphatic rings. The Morgan fingerprint density at radius 3 is 1.93 bits per heavy atom. The number of anilines is 2. The lowest BCUT2D eigenvalue weighted by molar-refractivity contribution is -0.0980. The van der Waals surface area contributed by atoms with Crippen molar-refractivity contribution in [2.75, 3.05) is 37.5 Å². The summed E-state index contributed by atoms with van der Waals surface area (Å²) in [7, 11) is 1.69. The Morgan fingerprint density at radius 2 is 1.40 bits per heavy atom. The van der Waals surface area contributed by atoms with Gasteiger partial charge in [-0.1, -0.05) is 50.6 Å². The minimum atomic E-state index is -1.18. The van der Waals surface area contributed by atoms with E-state index in [-0.39, 0.29) is 17.6 Å². The Morgan fingerprint density at radius 1 is 0.900 bits per heavy atom. The monoisotopic (exact) mass is 550 g/mol. The fourth-order valence-corrected chi connectivity index (χ4v) is 3.42. The van der Waals surface area contributed by atoms with E-state index in [1.165, 1.54) is 0 Å². The minimum absolute atomic E-state index is 0.148. The SMILES string of the molecule is C=O.CC(C)C.Cc1ccc(-c2cnc(N)c(-c3nnc(-c4ccc(N(C)C(CO)(CO)CO)cc4)o3)n2)cc1. The first-order valence-electron chi connectivity index (χ1n) is 12.6. The fourth-order valence-electron chi connectivity index (χ4n) is 3.42. The van der Waals surface area contributed by atoms with Gasteiger partial charge in [-0.25, -0.2) is 9.97 Å². The predicted octanol–water partition coefficient (Wildman–Crippen LogP) is 3.38. The van der Waals surface area contributed by atoms with Gasteiger partial charge >= 0.3 is 0 Å². The van der Waals surface area contributed by atoms with E-state index in [2.05, 4.69) is 40.9 Å². The summed E-state index contributed by atoms with van der Waals surface area (Å²) in [6, 6.07) is 14.9. The highest BCUT2D eigenvalue weighted by molar-refractivity contribution is 5.69. The van der Waals surface area contributed by atoms with Gasteiger partial charge in [0.2, 0.25) is 5.89 Å². The van der Waals surface area contributed by atoms with Gasteiger partial charge in [0.15, 0.2) is 11.5 Å². The molecule has 2 aromatic heterocycles. The lowest BCUT2D eigenvalue weighted by Crippen LogP contribution is -2.55. The van der Waals surface area contributed by atoms with Crippen LogP contribution in [0.2, 0.25) is 0 Å². The van der Waals surface area contributed by atoms with Crippen molar-refractivity contribution >= 4 is 18.3 Å². The molecule has 0 aliphatic heterocycles. The highest BCUT2D eigenvalue weighted by Gasteiger charge is 2.33. The third kappa shape index (κ3) is 7.69. The van der Waals surface area contributed by atoms with E-state index in [1.54, 1.807) is 42.4 Å². The largest absolute Gasteiger partial charge is 0.414 e. The number of hydrogen-bond donors (Lipinski definition) is 4. The molecular formula is C29H38N6O5. The second kappa shape index (κ2) is 14.8. The van der Waals surface area contributed by atoms with Gasteiger partial charge in [-0.2, -0.15) is 0 Å². The molecule has 4 rings (SSSR count). The molecule has 0 radical (unpaired) electrons. The molecule has 0 atom stereocenters. The summed E-state index contributed by atoms with van der Waals surface area (Å²) >= 11 is 0. The summed E-state index contributed by atoms with van der Waals surface area (Å²) in [4.78, 5) is 18.4. The molecular weight excluding hydrogens is 512 g/mol. The average Bonchev–Trinajstić information content (AvgIpc) is 3.46. The highest BCUT2D eigenvalue weighted by atomic mass is 16.4. The Hall–Kier alpha value is -4.19. The summed E-state index contributed by atoms with van der Waals surface area (Å²) < 4.78 is 5.84. The number of aliphatic hydroxyl groups is 3. The van der Waals surface area contributed by atoms with E-state index in [0.29, 0.717) is 22.6 Å². The lowest BCUT2D eigenvalue weighted by Gasteiger charge is -2.39. The second-order valence-corrected chi connectivity index (χ2v) is 9.80. The molecule has 0 spiro atoms. The maximum Gasteiger partial charge on any atom is 0.270 e. The first kappa shape index (κ1) is 32.0. The summed E-state index contributed by atoms with van der Waals surface area (Å²) in [5, 5.41) is 37.2. The molecule has 0 fully saturated rings. The number of likely N-dealkylation sites (N-methyl/N-ethyl adjacent to an activating group) is 1. The van der Waals surface area contributed by atoms with Gasteiger partial charge in [0.25, 0.3) is 5.89 Å². The van der Waals surface area contributed by atoms with Crippen LogP contribution in [0.3, 0.4) is 0 Å². The number of rotatable bonds is 8. The molecule has 2 aromatic carbocycles. The minimum Gasteiger partial charge on any atom is -0.414 e. The van der Waals surface area contributed by atoms with Crippen molar-refractivity contribution in [1.82, 2.24) is 20.2 Å². The third-order valence-corrected chi connectivity index (χ3v) is 5.87. The number of nitrogens with two attached hydrogens (primary N) is 1. The van der Waals surface area contributed by atoms with E-state index >= 15 is 0 Å². The Kier molecular flexibility index (Phi) is 11.9. The number of nitrogens with zero attached hydrogens (tertiary/aromatic N) is 5. The van der Waals surface area contributed by atoms with Crippen LogP contribution in [0.25, 0.3) is 34.3 Å². The molecule has 4 aromatic rings. The van der Waals surface area contributed by atoms with E-state index in [0.717, 1.165) is 17.0 Å². The van der Waals surface area contributed by atoms with Crippen LogP contribution in [0.5, 0.6) is 0 Å². The van der Waals surface area contributed by atoms with Gasteiger partial charge in [0, 0.05) is 23.9 Å². The van der Waals surface area contributed by atoms with Crippen molar-refractivity contribution in [3.63, 3.8) is 0 Å². The molecule has 0 bridgehead atoms. The smallest absolute Gasteiger partial charge is 0.270 e. The van der Waals surface area contributed by atoms with Crippen molar-refractivity contribution in [2.24, 2.45) is 5.92 Å². The fraction of sp³-hybridized carbons (Fsp3) is 0.345. The lowest BCUT2D eigenvalue weighted by atomic mass is 10.00. The molecule has 0 saturated heterocycles. The van der Waals surface area contributed by atoms with Gasteiger partial charge < -0.3 is 35.2 Å². The number of aromatic nitrogens is 4. The zero-order valence-electron chi connectivity index (χ0n) is 23.6. The normalized spacial score (nSPS) is 10.8. The number of benzene rings is 2. The summed E-state index contributed by atoms with van der Waals surface area (Å²) in [6.07, 6.45) is 1.60. The Balaban J connectivity index is 0.000000858. The number of aryl methyl sites for hydroxylation is 1. The van der Waals surface area contributed by atoms with Crippen LogP contribution < -0.4 is 10.6 Å². The molecule has 5 N–H and O–H groups in total. The average molecular weight is 551 g/mol. The van der Waals surface area contributed by atoms with Gasteiger partial charge in [0.05, 0.1) is 31.7 Å². The van der Waals surface area contributed by atoms with Crippen LogP contribution in [-0.2, 0) is 4.79 Å². The number of hydrogen-bond acceptors (Lipinski definition) is 11. The predicted molar refractivity (Wildman–Crippen MR) is 155 cm³/mol. The molecule has 0 unspecified atom stereocenters. The topological polar surface area (TPSA) is 172 Å². The standard InChI is InChI=1S/C24H26N6O4.C4H10.CH2O/c1-15-3-5-16(6-4-15)19-11-26-21(25)20(27-19)23-29-28-22(34-23)17-7-9-18(10-8-17)30(2)24(12-31,13-32)14-33;1-4(2)3;1-2/h3-11,31-33H,12-14H2,1-2H3,(H2,25,26);4H,1-3H3;1H2. The maximum atomic E-state index is 9.66. The van der Waals surface area contributed by atoms with Gasteiger partial charge in [-0.3, -0.25) is 0 Å². The van der Waals surface area contributed by atoms with Crippen LogP contribution in [0.15, 0.2) is 59.1 Å². The molecule has 11 nitrogen and oxygen atoms in total. The molecule has 40 heavy (non-hydrogen) atoms. The highest BCUT2D eigenvalue weighted by Crippen LogP contribution is 2.30. The zero-order valence-corrected chi connectivity index (χ0v) is 23.6. The van der Waals surface area contributed by atoms with Gasteiger partial charge in [-0.15, -0.1) is 10.2 Å². The summed E-state index contributed by atoms with van der Waals surface area (Å²) in [5.41, 5.74) is 9.15. The van der Waals surface area contributed by atoms with E-state index in [9.17, 15) is 15.3 Å². The molecule has 0 amide bonds. The van der Waals surface area contributed by atoms with Crippen molar-refractivity contribution in [3.8, 4) is 34.3 Å². The number of aliphatic hydroxyl groups excluding tert-OH is 3. The van der Waals surface area contributed by atoms with Crippen molar-refractivity contribution in [1.29, 1.82) is 0 Å². The Labute approximate surface area is 234 Å². The summed E-state index contributed by atoms with van der Waals surface area (Å²) in [5.74, 6) is 1.43. The first-order chi connectivity index (χ1) is 19.1. The van der Waals surface area contributed by atoms with E-state index in [4.69, 9.17) is 14.9 Å².